The first-order chi connectivity index (χ1) is 21.8. The summed E-state index contributed by atoms with van der Waals surface area (Å²) in [5.41, 5.74) is 2.08. The zero-order chi connectivity index (χ0) is 32.6. The second-order valence-corrected chi connectivity index (χ2v) is 12.1. The normalized spacial score (nSPS) is 14.1. The van der Waals surface area contributed by atoms with Gasteiger partial charge < -0.3 is 30.2 Å². The van der Waals surface area contributed by atoms with E-state index >= 15 is 0 Å². The third-order valence-electron chi connectivity index (χ3n) is 7.58. The minimum atomic E-state index is -4.49. The van der Waals surface area contributed by atoms with E-state index in [2.05, 4.69) is 30.8 Å². The van der Waals surface area contributed by atoms with Gasteiger partial charge in [0.1, 0.15) is 5.60 Å². The smallest absolute Gasteiger partial charge is 0.416 e. The lowest BCUT2D eigenvalue weighted by molar-refractivity contribution is -0.138. The topological polar surface area (TPSA) is 131 Å². The minimum absolute atomic E-state index is 0.0771. The Bertz CT molecular complexity index is 1900. The van der Waals surface area contributed by atoms with Crippen LogP contribution in [0.4, 0.5) is 35.3 Å². The maximum Gasteiger partial charge on any atom is 0.416 e. The number of rotatable bonds is 6. The Kier molecular flexibility index (Phi) is 7.96. The van der Waals surface area contributed by atoms with Gasteiger partial charge in [0.2, 0.25) is 5.95 Å². The van der Waals surface area contributed by atoms with E-state index in [1.807, 2.05) is 31.7 Å². The predicted octanol–water partition coefficient (Wildman–Crippen LogP) is 6.38. The molecule has 1 aliphatic rings. The van der Waals surface area contributed by atoms with Crippen LogP contribution in [0.15, 0.2) is 60.8 Å². The number of nitrogens with zero attached hydrogens (tertiary/aromatic N) is 4. The monoisotopic (exact) mass is 634 g/mol. The van der Waals surface area contributed by atoms with Crippen LogP contribution in [0.5, 0.6) is 0 Å². The summed E-state index contributed by atoms with van der Waals surface area (Å²) in [4.78, 5) is 37.7. The largest absolute Gasteiger partial charge is 0.444 e. The number of carbonyl (C=O) groups is 2. The van der Waals surface area contributed by atoms with Crippen molar-refractivity contribution in [1.82, 2.24) is 25.1 Å². The molecule has 11 nitrogen and oxygen atoms in total. The van der Waals surface area contributed by atoms with Crippen LogP contribution in [0.3, 0.4) is 0 Å². The molecule has 1 fully saturated rings. The van der Waals surface area contributed by atoms with Crippen molar-refractivity contribution in [2.75, 3.05) is 41.7 Å². The van der Waals surface area contributed by atoms with E-state index < -0.39 is 23.4 Å². The highest BCUT2D eigenvalue weighted by Gasteiger charge is 2.33. The summed E-state index contributed by atoms with van der Waals surface area (Å²) in [5.74, 6) is -0.108. The Morgan fingerprint density at radius 3 is 2.48 bits per heavy atom. The lowest BCUT2D eigenvalue weighted by atomic mass is 10.1. The summed E-state index contributed by atoms with van der Waals surface area (Å²) < 4.78 is 46.1. The SMILES string of the molecule is CC(C)(C)OC(=O)N1CCN(c2cc3nc(NCc4ccccc4C(F)(F)F)[nH]c3cc2C(=O)Nc2ccc3cn[nH]c3c2)CC1. The van der Waals surface area contributed by atoms with Gasteiger partial charge >= 0.3 is 12.3 Å². The lowest BCUT2D eigenvalue weighted by Gasteiger charge is -2.37. The van der Waals surface area contributed by atoms with Gasteiger partial charge in [-0.25, -0.2) is 9.78 Å². The summed E-state index contributed by atoms with van der Waals surface area (Å²) in [5, 5.41) is 13.7. The summed E-state index contributed by atoms with van der Waals surface area (Å²) >= 11 is 0. The average molecular weight is 635 g/mol. The fourth-order valence-electron chi connectivity index (χ4n) is 5.37. The van der Waals surface area contributed by atoms with Gasteiger partial charge in [-0.1, -0.05) is 18.2 Å². The van der Waals surface area contributed by atoms with Crippen molar-refractivity contribution in [2.24, 2.45) is 0 Å². The first-order valence-electron chi connectivity index (χ1n) is 14.7. The van der Waals surface area contributed by atoms with Crippen LogP contribution >= 0.6 is 0 Å². The molecule has 14 heteroatoms. The molecule has 0 saturated carbocycles. The second kappa shape index (κ2) is 11.9. The average Bonchev–Trinajstić information content (AvgIpc) is 3.64. The molecule has 3 heterocycles. The van der Waals surface area contributed by atoms with Crippen LogP contribution < -0.4 is 15.5 Å². The highest BCUT2D eigenvalue weighted by Crippen LogP contribution is 2.33. The van der Waals surface area contributed by atoms with Crippen molar-refractivity contribution >= 4 is 51.3 Å². The number of imidazole rings is 1. The number of nitrogens with one attached hydrogen (secondary N) is 4. The quantitative estimate of drug-likeness (QED) is 0.171. The molecule has 0 radical (unpaired) electrons. The Balaban J connectivity index is 1.28. The molecule has 0 aliphatic carbocycles. The van der Waals surface area contributed by atoms with E-state index in [9.17, 15) is 22.8 Å². The summed E-state index contributed by atoms with van der Waals surface area (Å²) in [6.07, 6.45) is -3.20. The Morgan fingerprint density at radius 1 is 0.978 bits per heavy atom. The number of carbonyl (C=O) groups excluding carboxylic acids is 2. The van der Waals surface area contributed by atoms with E-state index in [4.69, 9.17) is 4.74 Å². The van der Waals surface area contributed by atoms with E-state index in [1.54, 1.807) is 41.4 Å². The van der Waals surface area contributed by atoms with Gasteiger partial charge in [-0.15, -0.1) is 0 Å². The van der Waals surface area contributed by atoms with E-state index in [0.29, 0.717) is 54.2 Å². The van der Waals surface area contributed by atoms with Crippen molar-refractivity contribution in [1.29, 1.82) is 0 Å². The number of fused-ring (bicyclic) bond motifs is 2. The minimum Gasteiger partial charge on any atom is -0.444 e. The highest BCUT2D eigenvalue weighted by molar-refractivity contribution is 6.11. The molecule has 240 valence electrons. The van der Waals surface area contributed by atoms with Crippen molar-refractivity contribution < 1.29 is 27.5 Å². The fourth-order valence-corrected chi connectivity index (χ4v) is 5.37. The number of halogens is 3. The molecule has 0 spiro atoms. The molecule has 4 N–H and O–H groups in total. The van der Waals surface area contributed by atoms with Crippen LogP contribution in [0.2, 0.25) is 0 Å². The van der Waals surface area contributed by atoms with E-state index in [1.165, 1.54) is 12.1 Å². The molecule has 2 aromatic heterocycles. The van der Waals surface area contributed by atoms with E-state index in [-0.39, 0.29) is 24.0 Å². The maximum atomic E-state index is 13.8. The van der Waals surface area contributed by atoms with Gasteiger partial charge in [0.05, 0.1) is 39.6 Å². The number of anilines is 3. The molecule has 1 aliphatic heterocycles. The molecule has 0 atom stereocenters. The third-order valence-corrected chi connectivity index (χ3v) is 7.58. The summed E-state index contributed by atoms with van der Waals surface area (Å²) in [6.45, 7) is 6.98. The summed E-state index contributed by atoms with van der Waals surface area (Å²) in [7, 11) is 0. The van der Waals surface area contributed by atoms with Crippen molar-refractivity contribution in [2.45, 2.75) is 39.1 Å². The Labute approximate surface area is 262 Å². The highest BCUT2D eigenvalue weighted by atomic mass is 19.4. The number of ether oxygens (including phenoxy) is 1. The fraction of sp³-hybridized carbons (Fsp3) is 0.312. The Hall–Kier alpha value is -5.27. The number of hydrogen-bond donors (Lipinski definition) is 4. The number of hydrogen-bond acceptors (Lipinski definition) is 7. The number of H-pyrrole nitrogens is 2. The molecule has 2 amide bonds. The molecule has 5 aromatic rings. The zero-order valence-corrected chi connectivity index (χ0v) is 25.5. The molecular formula is C32H33F3N8O3. The molecule has 0 unspecified atom stereocenters. The number of amides is 2. The van der Waals surface area contributed by atoms with Crippen LogP contribution in [0.25, 0.3) is 21.9 Å². The first-order valence-corrected chi connectivity index (χ1v) is 14.7. The molecule has 3 aromatic carbocycles. The van der Waals surface area contributed by atoms with Crippen molar-refractivity contribution in [3.63, 3.8) is 0 Å². The molecule has 1 saturated heterocycles. The van der Waals surface area contributed by atoms with Crippen LogP contribution in [0.1, 0.15) is 42.3 Å². The molecule has 6 rings (SSSR count). The third kappa shape index (κ3) is 6.70. The van der Waals surface area contributed by atoms with Gasteiger partial charge in [0, 0.05) is 43.8 Å². The van der Waals surface area contributed by atoms with E-state index in [0.717, 1.165) is 17.0 Å². The maximum absolute atomic E-state index is 13.8. The van der Waals surface area contributed by atoms with Crippen LogP contribution in [0, 0.1) is 0 Å². The molecule has 0 bridgehead atoms. The van der Waals surface area contributed by atoms with Gasteiger partial charge in [-0.3, -0.25) is 9.89 Å². The number of piperazine rings is 1. The number of aromatic nitrogens is 4. The molecular weight excluding hydrogens is 601 g/mol. The standard InChI is InChI=1S/C32H33F3N8O3/c1-31(2,3)46-30(45)43-12-10-42(11-13-43)27-16-26-25(15-22(27)28(44)38-21-9-8-20-18-37-41-24(20)14-21)39-29(40-26)36-17-19-6-4-5-7-23(19)32(33,34)35/h4-9,14-16,18H,10-13,17H2,1-3H3,(H,37,41)(H,38,44)(H2,36,39,40). The predicted molar refractivity (Wildman–Crippen MR) is 169 cm³/mol. The van der Waals surface area contributed by atoms with Gasteiger partial charge in [0.15, 0.2) is 0 Å². The summed E-state index contributed by atoms with van der Waals surface area (Å²) in [6, 6.07) is 14.2. The van der Waals surface area contributed by atoms with Gasteiger partial charge in [-0.2, -0.15) is 18.3 Å². The zero-order valence-electron chi connectivity index (χ0n) is 25.5. The Morgan fingerprint density at radius 2 is 1.74 bits per heavy atom. The first kappa shape index (κ1) is 30.7. The van der Waals surface area contributed by atoms with Crippen molar-refractivity contribution in [3.8, 4) is 0 Å². The lowest BCUT2D eigenvalue weighted by Crippen LogP contribution is -2.50. The number of benzene rings is 3. The molecule has 46 heavy (non-hydrogen) atoms. The van der Waals surface area contributed by atoms with Crippen molar-refractivity contribution in [3.05, 3.63) is 77.5 Å². The van der Waals surface area contributed by atoms with Gasteiger partial charge in [-0.05, 0) is 62.7 Å². The number of aromatic amines is 2. The van der Waals surface area contributed by atoms with Crippen LogP contribution in [-0.4, -0.2) is 68.8 Å². The van der Waals surface area contributed by atoms with Gasteiger partial charge in [0.25, 0.3) is 5.91 Å². The van der Waals surface area contributed by atoms with Crippen LogP contribution in [-0.2, 0) is 17.5 Å². The number of alkyl halides is 3. The second-order valence-electron chi connectivity index (χ2n) is 12.1.